The molecule has 0 saturated carbocycles. The second kappa shape index (κ2) is 5.22. The summed E-state index contributed by atoms with van der Waals surface area (Å²) in [6.45, 7) is 4.02. The lowest BCUT2D eigenvalue weighted by atomic mass is 10.0. The van der Waals surface area contributed by atoms with Crippen LogP contribution in [0.4, 0.5) is 0 Å². The Kier molecular flexibility index (Phi) is 3.66. The summed E-state index contributed by atoms with van der Waals surface area (Å²) >= 11 is 0. The van der Waals surface area contributed by atoms with Gasteiger partial charge in [-0.05, 0) is 37.7 Å². The Balaban J connectivity index is 2.22. The molecular formula is C12H18N6. The van der Waals surface area contributed by atoms with Crippen molar-refractivity contribution in [2.24, 2.45) is 7.05 Å². The number of nitrogens with zero attached hydrogens (tertiary/aromatic N) is 5. The van der Waals surface area contributed by atoms with Crippen molar-refractivity contribution in [1.29, 1.82) is 0 Å². The first kappa shape index (κ1) is 12.6. The van der Waals surface area contributed by atoms with Gasteiger partial charge in [-0.1, -0.05) is 6.07 Å². The first-order valence-electron chi connectivity index (χ1n) is 5.94. The van der Waals surface area contributed by atoms with E-state index in [0.717, 1.165) is 17.2 Å². The summed E-state index contributed by atoms with van der Waals surface area (Å²) < 4.78 is 0. The number of hydrogen-bond donors (Lipinski definition) is 1. The summed E-state index contributed by atoms with van der Waals surface area (Å²) in [5, 5.41) is 15.3. The molecule has 0 saturated heterocycles. The third-order valence-corrected chi connectivity index (χ3v) is 2.93. The third kappa shape index (κ3) is 2.70. The molecule has 0 bridgehead atoms. The van der Waals surface area contributed by atoms with Crippen molar-refractivity contribution in [1.82, 2.24) is 30.5 Å². The number of hydrogen-bond acceptors (Lipinski definition) is 5. The molecule has 96 valence electrons. The van der Waals surface area contributed by atoms with Crippen LogP contribution < -0.4 is 5.32 Å². The lowest BCUT2D eigenvalue weighted by Gasteiger charge is -2.16. The molecule has 1 atom stereocenters. The molecule has 0 aliphatic carbocycles. The van der Waals surface area contributed by atoms with Crippen LogP contribution in [0.25, 0.3) is 0 Å². The van der Waals surface area contributed by atoms with E-state index >= 15 is 0 Å². The SMILES string of the molecule is CNC(Cc1nnn(C)n1)c1ccc(C)nc1C. The Morgan fingerprint density at radius 2 is 2.11 bits per heavy atom. The van der Waals surface area contributed by atoms with E-state index in [9.17, 15) is 0 Å². The molecule has 1 unspecified atom stereocenters. The molecule has 6 heteroatoms. The topological polar surface area (TPSA) is 68.5 Å². The van der Waals surface area contributed by atoms with Gasteiger partial charge >= 0.3 is 0 Å². The van der Waals surface area contributed by atoms with Gasteiger partial charge in [-0.3, -0.25) is 4.98 Å². The van der Waals surface area contributed by atoms with Crippen molar-refractivity contribution in [2.45, 2.75) is 26.3 Å². The third-order valence-electron chi connectivity index (χ3n) is 2.93. The van der Waals surface area contributed by atoms with Gasteiger partial charge < -0.3 is 5.32 Å². The van der Waals surface area contributed by atoms with Crippen LogP contribution in [-0.4, -0.2) is 32.2 Å². The number of likely N-dealkylation sites (N-methyl/N-ethyl adjacent to an activating group) is 1. The van der Waals surface area contributed by atoms with Crippen molar-refractivity contribution in [2.75, 3.05) is 7.05 Å². The van der Waals surface area contributed by atoms with Crippen LogP contribution in [0.2, 0.25) is 0 Å². The van der Waals surface area contributed by atoms with E-state index in [-0.39, 0.29) is 6.04 Å². The van der Waals surface area contributed by atoms with E-state index in [1.807, 2.05) is 27.0 Å². The fourth-order valence-electron chi connectivity index (χ4n) is 2.02. The summed E-state index contributed by atoms with van der Waals surface area (Å²) in [5.74, 6) is 0.733. The zero-order valence-electron chi connectivity index (χ0n) is 11.2. The number of nitrogens with one attached hydrogen (secondary N) is 1. The summed E-state index contributed by atoms with van der Waals surface area (Å²) in [4.78, 5) is 5.96. The second-order valence-corrected chi connectivity index (χ2v) is 4.37. The highest BCUT2D eigenvalue weighted by atomic mass is 15.6. The maximum absolute atomic E-state index is 4.49. The predicted molar refractivity (Wildman–Crippen MR) is 68.0 cm³/mol. The number of rotatable bonds is 4. The van der Waals surface area contributed by atoms with Crippen LogP contribution in [-0.2, 0) is 13.5 Å². The van der Waals surface area contributed by atoms with Crippen LogP contribution in [0.5, 0.6) is 0 Å². The second-order valence-electron chi connectivity index (χ2n) is 4.37. The fourth-order valence-corrected chi connectivity index (χ4v) is 2.02. The van der Waals surface area contributed by atoms with Crippen molar-refractivity contribution < 1.29 is 0 Å². The number of aryl methyl sites for hydroxylation is 3. The molecule has 0 aliphatic heterocycles. The van der Waals surface area contributed by atoms with E-state index < -0.39 is 0 Å². The van der Waals surface area contributed by atoms with Gasteiger partial charge in [0.2, 0.25) is 0 Å². The molecule has 2 heterocycles. The molecule has 0 fully saturated rings. The smallest absolute Gasteiger partial charge is 0.176 e. The van der Waals surface area contributed by atoms with Gasteiger partial charge in [0.05, 0.1) is 7.05 Å². The van der Waals surface area contributed by atoms with Crippen LogP contribution in [0.3, 0.4) is 0 Å². The Morgan fingerprint density at radius 3 is 2.67 bits per heavy atom. The minimum Gasteiger partial charge on any atom is -0.313 e. The first-order valence-corrected chi connectivity index (χ1v) is 5.94. The lowest BCUT2D eigenvalue weighted by molar-refractivity contribution is 0.565. The fraction of sp³-hybridized carbons (Fsp3) is 0.500. The normalized spacial score (nSPS) is 12.7. The minimum atomic E-state index is 0.155. The van der Waals surface area contributed by atoms with Gasteiger partial charge in [0.25, 0.3) is 0 Å². The zero-order chi connectivity index (χ0) is 13.1. The largest absolute Gasteiger partial charge is 0.313 e. The van der Waals surface area contributed by atoms with Crippen LogP contribution in [0.1, 0.15) is 28.8 Å². The van der Waals surface area contributed by atoms with Crippen molar-refractivity contribution in [3.8, 4) is 0 Å². The van der Waals surface area contributed by atoms with Crippen LogP contribution in [0, 0.1) is 13.8 Å². The first-order chi connectivity index (χ1) is 8.60. The lowest BCUT2D eigenvalue weighted by Crippen LogP contribution is -2.21. The molecular weight excluding hydrogens is 228 g/mol. The molecule has 0 aromatic carbocycles. The van der Waals surface area contributed by atoms with Gasteiger partial charge in [-0.25, -0.2) is 0 Å². The summed E-state index contributed by atoms with van der Waals surface area (Å²) in [6, 6.07) is 4.29. The van der Waals surface area contributed by atoms with E-state index in [1.54, 1.807) is 7.05 Å². The van der Waals surface area contributed by atoms with E-state index in [2.05, 4.69) is 31.8 Å². The van der Waals surface area contributed by atoms with Crippen molar-refractivity contribution in [3.63, 3.8) is 0 Å². The van der Waals surface area contributed by atoms with Crippen molar-refractivity contribution in [3.05, 3.63) is 34.9 Å². The summed E-state index contributed by atoms with van der Waals surface area (Å²) in [6.07, 6.45) is 0.704. The van der Waals surface area contributed by atoms with Gasteiger partial charge in [0.15, 0.2) is 5.82 Å². The Hall–Kier alpha value is -1.82. The molecule has 0 spiro atoms. The molecule has 0 aliphatic rings. The Bertz CT molecular complexity index is 533. The average molecular weight is 246 g/mol. The van der Waals surface area contributed by atoms with Gasteiger partial charge in [-0.15, -0.1) is 10.2 Å². The average Bonchev–Trinajstić information content (AvgIpc) is 2.72. The van der Waals surface area contributed by atoms with E-state index in [4.69, 9.17) is 0 Å². The van der Waals surface area contributed by atoms with Gasteiger partial charge in [0, 0.05) is 23.9 Å². The molecule has 18 heavy (non-hydrogen) atoms. The van der Waals surface area contributed by atoms with E-state index in [1.165, 1.54) is 10.4 Å². The highest BCUT2D eigenvalue weighted by Gasteiger charge is 2.16. The number of tetrazole rings is 1. The molecule has 2 rings (SSSR count). The van der Waals surface area contributed by atoms with Crippen molar-refractivity contribution >= 4 is 0 Å². The predicted octanol–water partition coefficient (Wildman–Crippen LogP) is 0.725. The minimum absolute atomic E-state index is 0.155. The molecule has 0 amide bonds. The highest BCUT2D eigenvalue weighted by Crippen LogP contribution is 2.19. The maximum atomic E-state index is 4.49. The van der Waals surface area contributed by atoms with Gasteiger partial charge in [-0.2, -0.15) is 4.80 Å². The highest BCUT2D eigenvalue weighted by molar-refractivity contribution is 5.25. The van der Waals surface area contributed by atoms with E-state index in [0.29, 0.717) is 6.42 Å². The zero-order valence-corrected chi connectivity index (χ0v) is 11.2. The Morgan fingerprint density at radius 1 is 1.33 bits per heavy atom. The van der Waals surface area contributed by atoms with Crippen LogP contribution in [0.15, 0.2) is 12.1 Å². The van der Waals surface area contributed by atoms with Gasteiger partial charge in [0.1, 0.15) is 0 Å². The monoisotopic (exact) mass is 246 g/mol. The molecule has 2 aromatic rings. The number of aromatic nitrogens is 5. The summed E-state index contributed by atoms with van der Waals surface area (Å²) in [7, 11) is 3.70. The quantitative estimate of drug-likeness (QED) is 0.861. The summed E-state index contributed by atoms with van der Waals surface area (Å²) in [5.41, 5.74) is 3.25. The standard InChI is InChI=1S/C12H18N6/c1-8-5-6-10(9(2)14-8)11(13-3)7-12-15-17-18(4)16-12/h5-6,11,13H,7H2,1-4H3. The molecule has 2 aromatic heterocycles. The molecule has 6 nitrogen and oxygen atoms in total. The number of pyridine rings is 1. The maximum Gasteiger partial charge on any atom is 0.176 e. The molecule has 1 N–H and O–H groups in total. The Labute approximate surface area is 106 Å². The van der Waals surface area contributed by atoms with Crippen LogP contribution >= 0.6 is 0 Å². The molecule has 0 radical (unpaired) electrons.